The highest BCUT2D eigenvalue weighted by Gasteiger charge is 2.66. The van der Waals surface area contributed by atoms with E-state index < -0.39 is 38.0 Å². The molecule has 0 aliphatic carbocycles. The lowest BCUT2D eigenvalue weighted by Gasteiger charge is -2.36. The Morgan fingerprint density at radius 3 is 2.21 bits per heavy atom. The van der Waals surface area contributed by atoms with E-state index in [0.717, 1.165) is 18.2 Å². The first-order chi connectivity index (χ1) is 12.9. The summed E-state index contributed by atoms with van der Waals surface area (Å²) in [5, 5.41) is 14.2. The van der Waals surface area contributed by atoms with Gasteiger partial charge in [0, 0.05) is 10.9 Å². The first kappa shape index (κ1) is 19.9. The fourth-order valence-corrected chi connectivity index (χ4v) is 4.81. The van der Waals surface area contributed by atoms with Crippen molar-refractivity contribution in [1.29, 1.82) is 0 Å². The molecule has 6 nitrogen and oxygen atoms in total. The van der Waals surface area contributed by atoms with E-state index in [2.05, 4.69) is 4.98 Å². The summed E-state index contributed by atoms with van der Waals surface area (Å²) in [6.07, 6.45) is -5.33. The second-order valence-corrected chi connectivity index (χ2v) is 8.00. The number of carboxylic acids is 1. The fraction of sp³-hybridized carbons (Fsp3) is 0.167. The van der Waals surface area contributed by atoms with Crippen LogP contribution in [-0.4, -0.2) is 30.7 Å². The normalized spacial score (nSPS) is 14.8. The van der Waals surface area contributed by atoms with Gasteiger partial charge in [-0.2, -0.15) is 13.2 Å². The van der Waals surface area contributed by atoms with Crippen LogP contribution in [0.25, 0.3) is 10.9 Å². The molecule has 2 aromatic carbocycles. The third-order valence-corrected chi connectivity index (χ3v) is 6.15. The zero-order valence-electron chi connectivity index (χ0n) is 14.4. The van der Waals surface area contributed by atoms with Gasteiger partial charge >= 0.3 is 12.1 Å². The Balaban J connectivity index is 2.58. The van der Waals surface area contributed by atoms with Crippen molar-refractivity contribution in [3.63, 3.8) is 0 Å². The number of nitrogens with two attached hydrogens (primary N) is 1. The summed E-state index contributed by atoms with van der Waals surface area (Å²) < 4.78 is 65.1. The SMILES string of the molecule is Cc1ccccc1C(c1cccc2[nH]c(C(=O)O)cc12)(C(F)(F)F)S(N)(=O)=O. The third kappa shape index (κ3) is 2.76. The third-order valence-electron chi connectivity index (χ3n) is 4.62. The Labute approximate surface area is 157 Å². The predicted molar refractivity (Wildman–Crippen MR) is 96.4 cm³/mol. The summed E-state index contributed by atoms with van der Waals surface area (Å²) in [7, 11) is -5.30. The first-order valence-electron chi connectivity index (χ1n) is 7.92. The van der Waals surface area contributed by atoms with Gasteiger partial charge in [0.2, 0.25) is 14.8 Å². The zero-order valence-corrected chi connectivity index (χ0v) is 15.2. The minimum absolute atomic E-state index is 0.0424. The second kappa shape index (κ2) is 6.35. The molecule has 3 rings (SSSR count). The molecule has 1 unspecified atom stereocenters. The number of fused-ring (bicyclic) bond motifs is 1. The molecule has 1 aromatic heterocycles. The highest BCUT2D eigenvalue weighted by atomic mass is 32.2. The molecular formula is C18H15F3N2O4S. The predicted octanol–water partition coefficient (Wildman–Crippen LogP) is 3.27. The van der Waals surface area contributed by atoms with Crippen LogP contribution in [0.15, 0.2) is 48.5 Å². The number of primary sulfonamides is 1. The Hall–Kier alpha value is -2.85. The lowest BCUT2D eigenvalue weighted by Crippen LogP contribution is -2.53. The molecular weight excluding hydrogens is 397 g/mol. The number of aromatic carboxylic acids is 1. The van der Waals surface area contributed by atoms with Crippen LogP contribution >= 0.6 is 0 Å². The van der Waals surface area contributed by atoms with Crippen LogP contribution in [0.1, 0.15) is 27.2 Å². The lowest BCUT2D eigenvalue weighted by atomic mass is 9.85. The molecule has 0 radical (unpaired) electrons. The molecule has 0 aliphatic rings. The number of hydrogen-bond donors (Lipinski definition) is 3. The van der Waals surface area contributed by atoms with Gasteiger partial charge in [-0.1, -0.05) is 36.4 Å². The quantitative estimate of drug-likeness (QED) is 0.610. The fourth-order valence-electron chi connectivity index (χ4n) is 3.46. The smallest absolute Gasteiger partial charge is 0.417 e. The Morgan fingerprint density at radius 1 is 1.07 bits per heavy atom. The molecule has 10 heteroatoms. The van der Waals surface area contributed by atoms with Gasteiger partial charge in [-0.25, -0.2) is 18.4 Å². The van der Waals surface area contributed by atoms with Crippen molar-refractivity contribution in [2.24, 2.45) is 5.14 Å². The Morgan fingerprint density at radius 2 is 1.68 bits per heavy atom. The summed E-state index contributed by atoms with van der Waals surface area (Å²) >= 11 is 0. The maximum Gasteiger partial charge on any atom is 0.417 e. The van der Waals surface area contributed by atoms with Crippen molar-refractivity contribution in [3.8, 4) is 0 Å². The maximum absolute atomic E-state index is 14.5. The van der Waals surface area contributed by atoms with Gasteiger partial charge in [-0.15, -0.1) is 0 Å². The summed E-state index contributed by atoms with van der Waals surface area (Å²) in [5.74, 6) is -1.40. The van der Waals surface area contributed by atoms with E-state index in [9.17, 15) is 26.4 Å². The molecule has 0 saturated carbocycles. The lowest BCUT2D eigenvalue weighted by molar-refractivity contribution is -0.153. The maximum atomic E-state index is 14.5. The van der Waals surface area contributed by atoms with Gasteiger partial charge in [0.1, 0.15) is 5.69 Å². The van der Waals surface area contributed by atoms with E-state index >= 15 is 0 Å². The van der Waals surface area contributed by atoms with Crippen LogP contribution < -0.4 is 5.14 Å². The molecule has 4 N–H and O–H groups in total. The van der Waals surface area contributed by atoms with E-state index in [1.54, 1.807) is 0 Å². The van der Waals surface area contributed by atoms with Crippen LogP contribution in [0.4, 0.5) is 13.2 Å². The number of H-pyrrole nitrogens is 1. The number of hydrogen-bond acceptors (Lipinski definition) is 3. The van der Waals surface area contributed by atoms with E-state index in [0.29, 0.717) is 0 Å². The molecule has 28 heavy (non-hydrogen) atoms. The second-order valence-electron chi connectivity index (χ2n) is 6.29. The molecule has 3 aromatic rings. The summed E-state index contributed by atoms with van der Waals surface area (Å²) in [6.45, 7) is 1.35. The molecule has 0 bridgehead atoms. The van der Waals surface area contributed by atoms with E-state index in [1.807, 2.05) is 0 Å². The van der Waals surface area contributed by atoms with Crippen LogP contribution in [-0.2, 0) is 14.8 Å². The van der Waals surface area contributed by atoms with Gasteiger partial charge in [0.15, 0.2) is 0 Å². The number of rotatable bonds is 4. The van der Waals surface area contributed by atoms with Gasteiger partial charge in [-0.05, 0) is 35.7 Å². The topological polar surface area (TPSA) is 113 Å². The van der Waals surface area contributed by atoms with Crippen molar-refractivity contribution < 1.29 is 31.5 Å². The van der Waals surface area contributed by atoms with Crippen LogP contribution in [0.5, 0.6) is 0 Å². The number of carboxylic acid groups (broad SMARTS) is 1. The standard InChI is InChI=1S/C18H15F3N2O4S/c1-10-5-2-3-6-12(10)17(18(19,20)21,28(22,26)27)13-7-4-8-14-11(13)9-15(23-14)16(24)25/h2-9,23H,1H3,(H,24,25)(H2,22,26,27). The molecule has 0 aliphatic heterocycles. The average Bonchev–Trinajstić information content (AvgIpc) is 3.00. The summed E-state index contributed by atoms with van der Waals surface area (Å²) in [4.78, 5) is 13.7. The van der Waals surface area contributed by atoms with Crippen molar-refractivity contribution in [3.05, 3.63) is 70.9 Å². The highest BCUT2D eigenvalue weighted by Crippen LogP contribution is 2.52. The monoisotopic (exact) mass is 412 g/mol. The van der Waals surface area contributed by atoms with Crippen LogP contribution in [0, 0.1) is 6.92 Å². The number of alkyl halides is 3. The Kier molecular flexibility index (Phi) is 4.51. The van der Waals surface area contributed by atoms with Gasteiger partial charge in [0.25, 0.3) is 0 Å². The number of aromatic amines is 1. The number of carbonyl (C=O) groups is 1. The molecule has 0 saturated heterocycles. The van der Waals surface area contributed by atoms with Gasteiger partial charge in [0.05, 0.1) is 0 Å². The van der Waals surface area contributed by atoms with Crippen LogP contribution in [0.3, 0.4) is 0 Å². The minimum Gasteiger partial charge on any atom is -0.477 e. The Bertz CT molecular complexity index is 1190. The van der Waals surface area contributed by atoms with Crippen molar-refractivity contribution >= 4 is 26.9 Å². The molecule has 1 heterocycles. The zero-order chi connectivity index (χ0) is 20.9. The average molecular weight is 412 g/mol. The number of benzene rings is 2. The van der Waals surface area contributed by atoms with Crippen molar-refractivity contribution in [2.45, 2.75) is 17.8 Å². The molecule has 0 spiro atoms. The minimum atomic E-state index is -5.33. The number of nitrogens with one attached hydrogen (secondary N) is 1. The first-order valence-corrected chi connectivity index (χ1v) is 9.46. The number of aryl methyl sites for hydroxylation is 1. The summed E-state index contributed by atoms with van der Waals surface area (Å²) in [6, 6.07) is 9.69. The molecule has 0 amide bonds. The van der Waals surface area contributed by atoms with E-state index in [-0.39, 0.29) is 22.2 Å². The molecule has 148 valence electrons. The van der Waals surface area contributed by atoms with Crippen LogP contribution in [0.2, 0.25) is 0 Å². The van der Waals surface area contributed by atoms with Gasteiger partial charge < -0.3 is 10.1 Å². The number of sulfonamides is 1. The van der Waals surface area contributed by atoms with Crippen molar-refractivity contribution in [2.75, 3.05) is 0 Å². The number of halogens is 3. The van der Waals surface area contributed by atoms with E-state index in [1.165, 1.54) is 37.3 Å². The molecule has 1 atom stereocenters. The highest BCUT2D eigenvalue weighted by molar-refractivity contribution is 7.90. The molecule has 0 fully saturated rings. The van der Waals surface area contributed by atoms with E-state index in [4.69, 9.17) is 10.2 Å². The van der Waals surface area contributed by atoms with Gasteiger partial charge in [-0.3, -0.25) is 0 Å². The summed E-state index contributed by atoms with van der Waals surface area (Å²) in [5.41, 5.74) is -1.48. The largest absolute Gasteiger partial charge is 0.477 e. The number of aromatic nitrogens is 1. The van der Waals surface area contributed by atoms with Crippen molar-refractivity contribution in [1.82, 2.24) is 4.98 Å².